The lowest BCUT2D eigenvalue weighted by Crippen LogP contribution is -2.41. The van der Waals surface area contributed by atoms with E-state index in [0.717, 1.165) is 19.3 Å². The predicted octanol–water partition coefficient (Wildman–Crippen LogP) is 1.79. The van der Waals surface area contributed by atoms with Gasteiger partial charge < -0.3 is 24.2 Å². The van der Waals surface area contributed by atoms with Crippen LogP contribution in [-0.2, 0) is 14.0 Å². The molecule has 2 saturated heterocycles. The van der Waals surface area contributed by atoms with E-state index in [4.69, 9.17) is 14.0 Å². The first kappa shape index (κ1) is 16.4. The van der Waals surface area contributed by atoms with Crippen LogP contribution in [-0.4, -0.2) is 39.6 Å². The third kappa shape index (κ3) is 2.88. The van der Waals surface area contributed by atoms with Gasteiger partial charge in [-0.3, -0.25) is 0 Å². The van der Waals surface area contributed by atoms with E-state index in [1.165, 1.54) is 4.68 Å². The first-order valence-electron chi connectivity index (χ1n) is 7.92. The molecule has 1 aromatic heterocycles. The Hall–Kier alpha value is -1.45. The van der Waals surface area contributed by atoms with Crippen molar-refractivity contribution in [1.82, 2.24) is 9.78 Å². The quantitative estimate of drug-likeness (QED) is 0.479. The van der Waals surface area contributed by atoms with Gasteiger partial charge in [-0.25, -0.2) is 0 Å². The molecule has 0 spiro atoms. The highest BCUT2D eigenvalue weighted by Gasteiger charge is 2.54. The van der Waals surface area contributed by atoms with Crippen LogP contribution in [0.15, 0.2) is 6.20 Å². The summed E-state index contributed by atoms with van der Waals surface area (Å²) in [5.74, 6) is -0.238. The molecular formula is C14H22BN3O5. The summed E-state index contributed by atoms with van der Waals surface area (Å²) in [6, 6.07) is 0. The molecule has 0 aliphatic carbocycles. The van der Waals surface area contributed by atoms with Crippen LogP contribution in [0.3, 0.4) is 0 Å². The van der Waals surface area contributed by atoms with Gasteiger partial charge in [0.15, 0.2) is 6.23 Å². The smallest absolute Gasteiger partial charge is 0.399 e. The van der Waals surface area contributed by atoms with Crippen LogP contribution in [0.5, 0.6) is 0 Å². The van der Waals surface area contributed by atoms with E-state index in [1.807, 2.05) is 27.7 Å². The summed E-state index contributed by atoms with van der Waals surface area (Å²) in [6.45, 7) is 8.28. The highest BCUT2D eigenvalue weighted by molar-refractivity contribution is 6.63. The van der Waals surface area contributed by atoms with Crippen LogP contribution in [0.25, 0.3) is 0 Å². The first-order valence-corrected chi connectivity index (χ1v) is 7.92. The molecule has 1 atom stereocenters. The molecule has 3 heterocycles. The molecule has 3 rings (SSSR count). The van der Waals surface area contributed by atoms with Crippen molar-refractivity contribution in [3.05, 3.63) is 16.3 Å². The van der Waals surface area contributed by atoms with Crippen molar-refractivity contribution in [2.75, 3.05) is 6.61 Å². The van der Waals surface area contributed by atoms with E-state index in [9.17, 15) is 10.1 Å². The van der Waals surface area contributed by atoms with Crippen molar-refractivity contribution < 1.29 is 19.0 Å². The summed E-state index contributed by atoms with van der Waals surface area (Å²) in [4.78, 5) is 10.9. The molecule has 2 aliphatic heterocycles. The molecule has 126 valence electrons. The third-order valence-corrected chi connectivity index (χ3v) is 4.87. The second-order valence-corrected chi connectivity index (χ2v) is 7.05. The van der Waals surface area contributed by atoms with E-state index in [0.29, 0.717) is 12.1 Å². The molecule has 2 aliphatic rings. The molecule has 0 aromatic carbocycles. The number of rotatable bonds is 3. The van der Waals surface area contributed by atoms with Crippen molar-refractivity contribution in [2.45, 2.75) is 64.4 Å². The normalized spacial score (nSPS) is 26.4. The minimum absolute atomic E-state index is 0.238. The number of hydrogen-bond acceptors (Lipinski definition) is 6. The van der Waals surface area contributed by atoms with Crippen LogP contribution in [0, 0.1) is 10.1 Å². The van der Waals surface area contributed by atoms with Gasteiger partial charge >= 0.3 is 12.9 Å². The lowest BCUT2D eigenvalue weighted by Gasteiger charge is -2.32. The minimum atomic E-state index is -0.808. The summed E-state index contributed by atoms with van der Waals surface area (Å²) in [6.07, 6.45) is 4.17. The fraction of sp³-hybridized carbons (Fsp3) is 0.786. The Morgan fingerprint density at radius 2 is 1.96 bits per heavy atom. The van der Waals surface area contributed by atoms with Gasteiger partial charge in [-0.1, -0.05) is 0 Å². The van der Waals surface area contributed by atoms with Gasteiger partial charge in [0.2, 0.25) is 0 Å². The molecular weight excluding hydrogens is 301 g/mol. The Morgan fingerprint density at radius 3 is 2.48 bits per heavy atom. The highest BCUT2D eigenvalue weighted by Crippen LogP contribution is 2.37. The molecule has 9 heteroatoms. The van der Waals surface area contributed by atoms with Gasteiger partial charge in [0, 0.05) is 6.61 Å². The fourth-order valence-electron chi connectivity index (χ4n) is 2.75. The van der Waals surface area contributed by atoms with Crippen molar-refractivity contribution in [3.63, 3.8) is 0 Å². The Kier molecular flexibility index (Phi) is 3.98. The predicted molar refractivity (Wildman–Crippen MR) is 83.4 cm³/mol. The summed E-state index contributed by atoms with van der Waals surface area (Å²) in [7, 11) is -0.808. The monoisotopic (exact) mass is 323 g/mol. The molecule has 0 bridgehead atoms. The second kappa shape index (κ2) is 5.57. The van der Waals surface area contributed by atoms with Crippen LogP contribution in [0.2, 0.25) is 0 Å². The van der Waals surface area contributed by atoms with Gasteiger partial charge in [-0.2, -0.15) is 4.68 Å². The molecule has 1 aromatic rings. The number of ether oxygens (including phenoxy) is 1. The number of hydrogen-bond donors (Lipinski definition) is 0. The Balaban J connectivity index is 1.92. The Bertz CT molecular complexity index is 594. The zero-order valence-corrected chi connectivity index (χ0v) is 13.9. The van der Waals surface area contributed by atoms with Crippen molar-refractivity contribution in [3.8, 4) is 0 Å². The average molecular weight is 323 g/mol. The molecule has 0 N–H and O–H groups in total. The second-order valence-electron chi connectivity index (χ2n) is 7.05. The van der Waals surface area contributed by atoms with Gasteiger partial charge in [0.1, 0.15) is 5.46 Å². The Labute approximate surface area is 135 Å². The number of nitrogens with zero attached hydrogens (tertiary/aromatic N) is 3. The van der Waals surface area contributed by atoms with Crippen LogP contribution < -0.4 is 5.46 Å². The highest BCUT2D eigenvalue weighted by atomic mass is 16.7. The Morgan fingerprint density at radius 1 is 1.30 bits per heavy atom. The van der Waals surface area contributed by atoms with Gasteiger partial charge in [0.25, 0.3) is 0 Å². The maximum absolute atomic E-state index is 11.4. The zero-order valence-electron chi connectivity index (χ0n) is 13.9. The standard InChI is InChI=1S/C14H22BN3O5/c1-13(2)14(3,4)23-15(22-13)10-9-17(16-12(10)18(19)20)11-7-5-6-8-21-11/h9,11H,5-8H2,1-4H3/t11-/m0/s1. The summed E-state index contributed by atoms with van der Waals surface area (Å²) >= 11 is 0. The molecule has 0 unspecified atom stereocenters. The van der Waals surface area contributed by atoms with Crippen molar-refractivity contribution >= 4 is 18.4 Å². The van der Waals surface area contributed by atoms with E-state index >= 15 is 0 Å². The summed E-state index contributed by atoms with van der Waals surface area (Å²) in [5.41, 5.74) is -0.785. The molecule has 0 amide bonds. The van der Waals surface area contributed by atoms with Crippen LogP contribution >= 0.6 is 0 Å². The molecule has 8 nitrogen and oxygen atoms in total. The topological polar surface area (TPSA) is 88.7 Å². The first-order chi connectivity index (χ1) is 10.7. The molecule has 0 radical (unpaired) electrons. The van der Waals surface area contributed by atoms with Crippen LogP contribution in [0.1, 0.15) is 53.2 Å². The van der Waals surface area contributed by atoms with Gasteiger partial charge in [-0.15, -0.1) is 0 Å². The maximum atomic E-state index is 11.4. The molecule has 0 saturated carbocycles. The minimum Gasteiger partial charge on any atom is -0.399 e. The van der Waals surface area contributed by atoms with E-state index in [2.05, 4.69) is 5.10 Å². The number of aromatic nitrogens is 2. The molecule has 2 fully saturated rings. The lowest BCUT2D eigenvalue weighted by molar-refractivity contribution is -0.389. The van der Waals surface area contributed by atoms with Gasteiger partial charge in [-0.05, 0) is 51.9 Å². The van der Waals surface area contributed by atoms with Crippen LogP contribution in [0.4, 0.5) is 5.82 Å². The van der Waals surface area contributed by atoms with E-state index in [-0.39, 0.29) is 12.0 Å². The van der Waals surface area contributed by atoms with Gasteiger partial charge in [0.05, 0.1) is 22.5 Å². The summed E-state index contributed by atoms with van der Waals surface area (Å²) in [5, 5.41) is 15.5. The number of nitro groups is 1. The maximum Gasteiger partial charge on any atom is 0.505 e. The largest absolute Gasteiger partial charge is 0.505 e. The van der Waals surface area contributed by atoms with E-state index in [1.54, 1.807) is 6.20 Å². The fourth-order valence-corrected chi connectivity index (χ4v) is 2.75. The summed E-state index contributed by atoms with van der Waals surface area (Å²) < 4.78 is 19.0. The lowest BCUT2D eigenvalue weighted by atomic mass is 9.81. The van der Waals surface area contributed by atoms with Crippen molar-refractivity contribution in [1.29, 1.82) is 0 Å². The molecule has 23 heavy (non-hydrogen) atoms. The van der Waals surface area contributed by atoms with E-state index < -0.39 is 23.2 Å². The average Bonchev–Trinajstić information content (AvgIpc) is 3.00. The third-order valence-electron chi connectivity index (χ3n) is 4.87. The zero-order chi connectivity index (χ0) is 16.8. The van der Waals surface area contributed by atoms with Crippen molar-refractivity contribution in [2.24, 2.45) is 0 Å². The SMILES string of the molecule is CC1(C)OB(c2cn([C@@H]3CCCCO3)nc2[N+](=O)[O-])OC1(C)C.